The first kappa shape index (κ1) is 24.6. The Labute approximate surface area is 219 Å². The van der Waals surface area contributed by atoms with E-state index in [0.29, 0.717) is 33.6 Å². The summed E-state index contributed by atoms with van der Waals surface area (Å²) in [6, 6.07) is 27.1. The summed E-state index contributed by atoms with van der Waals surface area (Å²) in [6.07, 6.45) is 1.55. The number of ether oxygens (including phenoxy) is 2. The number of rotatable bonds is 6. The van der Waals surface area contributed by atoms with Crippen molar-refractivity contribution in [3.63, 3.8) is 0 Å². The number of hydrogen-bond donors (Lipinski definition) is 0. The number of aryl methyl sites for hydroxylation is 2. The van der Waals surface area contributed by atoms with Crippen LogP contribution in [0.5, 0.6) is 11.5 Å². The number of carbonyl (C=O) groups is 1. The molecule has 1 heterocycles. The minimum atomic E-state index is -0.485. The molecule has 38 heavy (non-hydrogen) atoms. The molecule has 0 aliphatic carbocycles. The number of methoxy groups -OCH3 is 1. The van der Waals surface area contributed by atoms with Crippen molar-refractivity contribution in [1.29, 1.82) is 0 Å². The average molecular weight is 504 g/mol. The van der Waals surface area contributed by atoms with Crippen LogP contribution in [0.4, 0.5) is 0 Å². The largest absolute Gasteiger partial charge is 0.493 e. The molecule has 0 aliphatic heterocycles. The molecule has 7 nitrogen and oxygen atoms in total. The zero-order chi connectivity index (χ0) is 26.6. The standard InChI is InChI=1S/C31H25N3O4/c1-20-8-13-23(14-9-20)29-33-26-7-5-4-6-25(26)30(35)34(29)32-19-22-12-17-27(28(18-22)37-3)38-31(36)24-15-10-21(2)11-16-24/h4-19H,1-3H3. The topological polar surface area (TPSA) is 82.8 Å². The monoisotopic (exact) mass is 503 g/mol. The van der Waals surface area contributed by atoms with E-state index in [1.165, 1.54) is 11.8 Å². The predicted molar refractivity (Wildman–Crippen MR) is 148 cm³/mol. The SMILES string of the molecule is COc1cc(C=Nn2c(-c3ccc(C)cc3)nc3ccccc3c2=O)ccc1OC(=O)c1ccc(C)cc1. The second kappa shape index (κ2) is 10.5. The van der Waals surface area contributed by atoms with Crippen LogP contribution < -0.4 is 15.0 Å². The molecule has 0 spiro atoms. The van der Waals surface area contributed by atoms with E-state index in [2.05, 4.69) is 5.10 Å². The lowest BCUT2D eigenvalue weighted by molar-refractivity contribution is 0.0729. The van der Waals surface area contributed by atoms with Crippen LogP contribution in [-0.2, 0) is 0 Å². The fourth-order valence-electron chi connectivity index (χ4n) is 3.94. The van der Waals surface area contributed by atoms with Crippen molar-refractivity contribution >= 4 is 23.1 Å². The van der Waals surface area contributed by atoms with Gasteiger partial charge in [-0.05, 0) is 61.9 Å². The first-order valence-electron chi connectivity index (χ1n) is 12.0. The number of fused-ring (bicyclic) bond motifs is 1. The van der Waals surface area contributed by atoms with Crippen LogP contribution in [-0.4, -0.2) is 29.0 Å². The van der Waals surface area contributed by atoms with E-state index in [4.69, 9.17) is 14.5 Å². The van der Waals surface area contributed by atoms with Gasteiger partial charge in [-0.2, -0.15) is 9.78 Å². The van der Waals surface area contributed by atoms with Gasteiger partial charge in [-0.1, -0.05) is 59.7 Å². The molecular formula is C31H25N3O4. The van der Waals surface area contributed by atoms with Crippen LogP contribution in [0.2, 0.25) is 0 Å². The van der Waals surface area contributed by atoms with Crippen molar-refractivity contribution in [3.05, 3.63) is 124 Å². The number of aromatic nitrogens is 2. The summed E-state index contributed by atoms with van der Waals surface area (Å²) in [4.78, 5) is 30.7. The van der Waals surface area contributed by atoms with Crippen molar-refractivity contribution in [1.82, 2.24) is 9.66 Å². The van der Waals surface area contributed by atoms with Gasteiger partial charge in [0.2, 0.25) is 0 Å². The van der Waals surface area contributed by atoms with Gasteiger partial charge in [0.1, 0.15) is 0 Å². The van der Waals surface area contributed by atoms with Gasteiger partial charge in [-0.15, -0.1) is 0 Å². The van der Waals surface area contributed by atoms with Crippen molar-refractivity contribution < 1.29 is 14.3 Å². The Morgan fingerprint density at radius 2 is 1.55 bits per heavy atom. The summed E-state index contributed by atoms with van der Waals surface area (Å²) in [5.74, 6) is 0.582. The van der Waals surface area contributed by atoms with Gasteiger partial charge < -0.3 is 9.47 Å². The highest BCUT2D eigenvalue weighted by Crippen LogP contribution is 2.28. The highest BCUT2D eigenvalue weighted by molar-refractivity contribution is 5.91. The molecule has 188 valence electrons. The van der Waals surface area contributed by atoms with Crippen molar-refractivity contribution in [2.75, 3.05) is 7.11 Å². The second-order valence-electron chi connectivity index (χ2n) is 8.85. The molecule has 0 aliphatic rings. The zero-order valence-corrected chi connectivity index (χ0v) is 21.2. The molecule has 5 aromatic rings. The molecule has 0 saturated heterocycles. The zero-order valence-electron chi connectivity index (χ0n) is 21.2. The van der Waals surface area contributed by atoms with E-state index in [-0.39, 0.29) is 11.3 Å². The van der Waals surface area contributed by atoms with Gasteiger partial charge in [-0.3, -0.25) is 4.79 Å². The van der Waals surface area contributed by atoms with Gasteiger partial charge in [0.25, 0.3) is 5.56 Å². The number of nitrogens with zero attached hydrogens (tertiary/aromatic N) is 3. The maximum atomic E-state index is 13.4. The van der Waals surface area contributed by atoms with Gasteiger partial charge in [0.15, 0.2) is 17.3 Å². The van der Waals surface area contributed by atoms with Crippen LogP contribution in [0.25, 0.3) is 22.3 Å². The Bertz CT molecular complexity index is 1720. The Morgan fingerprint density at radius 3 is 2.26 bits per heavy atom. The smallest absolute Gasteiger partial charge is 0.343 e. The van der Waals surface area contributed by atoms with Crippen LogP contribution in [0.3, 0.4) is 0 Å². The summed E-state index contributed by atoms with van der Waals surface area (Å²) in [5.41, 5.74) is 4.32. The number of esters is 1. The van der Waals surface area contributed by atoms with Crippen molar-refractivity contribution in [3.8, 4) is 22.9 Å². The van der Waals surface area contributed by atoms with Crippen LogP contribution >= 0.6 is 0 Å². The lowest BCUT2D eigenvalue weighted by Crippen LogP contribution is -2.20. The summed E-state index contributed by atoms with van der Waals surface area (Å²) in [7, 11) is 1.49. The summed E-state index contributed by atoms with van der Waals surface area (Å²) < 4.78 is 12.3. The normalized spacial score (nSPS) is 11.1. The molecule has 7 heteroatoms. The average Bonchev–Trinajstić information content (AvgIpc) is 2.94. The summed E-state index contributed by atoms with van der Waals surface area (Å²) >= 11 is 0. The summed E-state index contributed by atoms with van der Waals surface area (Å²) in [6.45, 7) is 3.95. The molecule has 0 unspecified atom stereocenters. The highest BCUT2D eigenvalue weighted by Gasteiger charge is 2.14. The first-order chi connectivity index (χ1) is 18.4. The van der Waals surface area contributed by atoms with Crippen molar-refractivity contribution in [2.45, 2.75) is 13.8 Å². The third-order valence-electron chi connectivity index (χ3n) is 6.06. The minimum Gasteiger partial charge on any atom is -0.493 e. The minimum absolute atomic E-state index is 0.278. The third kappa shape index (κ3) is 5.08. The lowest BCUT2D eigenvalue weighted by atomic mass is 10.1. The Kier molecular flexibility index (Phi) is 6.82. The summed E-state index contributed by atoms with van der Waals surface area (Å²) in [5, 5.41) is 4.97. The Hall–Kier alpha value is -5.04. The predicted octanol–water partition coefficient (Wildman–Crippen LogP) is 5.79. The molecule has 0 amide bonds. The molecule has 0 N–H and O–H groups in total. The number of benzene rings is 4. The molecule has 0 bridgehead atoms. The molecular weight excluding hydrogens is 478 g/mol. The number of carbonyl (C=O) groups excluding carboxylic acids is 1. The number of para-hydroxylation sites is 1. The first-order valence-corrected chi connectivity index (χ1v) is 12.0. The van der Waals surface area contributed by atoms with E-state index in [1.54, 1.807) is 48.7 Å². The van der Waals surface area contributed by atoms with Gasteiger partial charge in [0, 0.05) is 5.56 Å². The molecule has 0 fully saturated rings. The van der Waals surface area contributed by atoms with E-state index in [1.807, 2.05) is 62.4 Å². The van der Waals surface area contributed by atoms with Gasteiger partial charge in [-0.25, -0.2) is 9.78 Å². The van der Waals surface area contributed by atoms with E-state index in [9.17, 15) is 9.59 Å². The van der Waals surface area contributed by atoms with Crippen LogP contribution in [0, 0.1) is 13.8 Å². The van der Waals surface area contributed by atoms with Crippen molar-refractivity contribution in [2.24, 2.45) is 5.10 Å². The van der Waals surface area contributed by atoms with E-state index in [0.717, 1.165) is 16.7 Å². The Balaban J connectivity index is 1.50. The molecule has 1 aromatic heterocycles. The molecule has 4 aromatic carbocycles. The van der Waals surface area contributed by atoms with Crippen LogP contribution in [0.1, 0.15) is 27.0 Å². The van der Waals surface area contributed by atoms with E-state index < -0.39 is 5.97 Å². The highest BCUT2D eigenvalue weighted by atomic mass is 16.6. The Morgan fingerprint density at radius 1 is 0.868 bits per heavy atom. The van der Waals surface area contributed by atoms with Gasteiger partial charge in [0.05, 0.1) is 29.8 Å². The maximum absolute atomic E-state index is 13.4. The van der Waals surface area contributed by atoms with Crippen LogP contribution in [0.15, 0.2) is 101 Å². The third-order valence-corrected chi connectivity index (χ3v) is 6.06. The van der Waals surface area contributed by atoms with Gasteiger partial charge >= 0.3 is 5.97 Å². The molecule has 5 rings (SSSR count). The molecule has 0 atom stereocenters. The maximum Gasteiger partial charge on any atom is 0.343 e. The second-order valence-corrected chi connectivity index (χ2v) is 8.85. The quantitative estimate of drug-likeness (QED) is 0.166. The fraction of sp³-hybridized carbons (Fsp3) is 0.0968. The molecule has 0 radical (unpaired) electrons. The lowest BCUT2D eigenvalue weighted by Gasteiger charge is -2.11. The molecule has 0 saturated carbocycles. The number of hydrogen-bond acceptors (Lipinski definition) is 6. The van der Waals surface area contributed by atoms with E-state index >= 15 is 0 Å². The fourth-order valence-corrected chi connectivity index (χ4v) is 3.94.